The van der Waals surface area contributed by atoms with Crippen LogP contribution in [0.1, 0.15) is 137 Å². The molecule has 0 radical (unpaired) electrons. The van der Waals surface area contributed by atoms with Gasteiger partial charge in [0.05, 0.1) is 0 Å². The van der Waals surface area contributed by atoms with Crippen molar-refractivity contribution in [3.8, 4) is 0 Å². The Labute approximate surface area is 327 Å². The maximum Gasteiger partial charge on any atom is 2.00 e. The molecule has 0 bridgehead atoms. The van der Waals surface area contributed by atoms with Crippen LogP contribution in [0.3, 0.4) is 0 Å². The minimum atomic E-state index is 0. The van der Waals surface area contributed by atoms with Gasteiger partial charge in [0.1, 0.15) is 0 Å². The predicted molar refractivity (Wildman–Crippen MR) is 233 cm³/mol. The maximum atomic E-state index is 3.46. The predicted octanol–water partition coefficient (Wildman–Crippen LogP) is 15.4. The molecule has 50 heavy (non-hydrogen) atoms. The van der Waals surface area contributed by atoms with Gasteiger partial charge in [0, 0.05) is 0 Å². The molecule has 0 nitrogen and oxygen atoms in total. The van der Waals surface area contributed by atoms with E-state index in [9.17, 15) is 0 Å². The Kier molecular flexibility index (Phi) is 29.2. The largest absolute Gasteiger partial charge is 2.00 e. The molecule has 3 heteroatoms. The summed E-state index contributed by atoms with van der Waals surface area (Å²) in [6.07, 6.45) is 33.7. The molecule has 4 aromatic carbocycles. The van der Waals surface area contributed by atoms with Crippen molar-refractivity contribution < 1.29 is 21.7 Å². The van der Waals surface area contributed by atoms with Crippen molar-refractivity contribution in [2.75, 3.05) is 24.6 Å². The molecule has 0 aliphatic rings. The summed E-state index contributed by atoms with van der Waals surface area (Å²) in [5, 5.41) is 9.06. The van der Waals surface area contributed by atoms with E-state index in [2.05, 4.69) is 107 Å². The van der Waals surface area contributed by atoms with Gasteiger partial charge in [-0.1, -0.05) is 158 Å². The van der Waals surface area contributed by atoms with Gasteiger partial charge in [0.15, 0.2) is 0 Å². The van der Waals surface area contributed by atoms with Crippen LogP contribution in [-0.4, -0.2) is 24.6 Å². The third-order valence-electron chi connectivity index (χ3n) is 9.39. The summed E-state index contributed by atoms with van der Waals surface area (Å²) < 4.78 is 0. The first-order chi connectivity index (χ1) is 24.1. The molecule has 0 unspecified atom stereocenters. The summed E-state index contributed by atoms with van der Waals surface area (Å²) >= 11 is 0. The molecule has 0 saturated heterocycles. The zero-order chi connectivity index (χ0) is 35.4. The standard InChI is InChI=1S/2C21H32P.C5H8.Ti/c2*1-3-5-7-11-15-22(16-12-8-6-4-2)21-17-19-13-9-10-14-20(19)18-21;1-3-5-4-2;/h2*9-10,13-14,17-18H,3-8,11-12,15-16H2,1-2H3;3-5H,1H2,2H3;/q2*-1;;+2/b;;5-4+;. The van der Waals surface area contributed by atoms with E-state index in [4.69, 9.17) is 0 Å². The molecule has 0 saturated carbocycles. The van der Waals surface area contributed by atoms with Crippen LogP contribution in [0.5, 0.6) is 0 Å². The molecule has 0 aliphatic carbocycles. The second-order valence-corrected chi connectivity index (χ2v) is 18.6. The van der Waals surface area contributed by atoms with Crippen LogP contribution in [-0.2, 0) is 21.7 Å². The van der Waals surface area contributed by atoms with Gasteiger partial charge in [-0.25, -0.2) is 0 Å². The fourth-order valence-electron chi connectivity index (χ4n) is 6.43. The van der Waals surface area contributed by atoms with Gasteiger partial charge in [-0.05, 0) is 57.3 Å². The van der Waals surface area contributed by atoms with Crippen molar-refractivity contribution in [1.82, 2.24) is 0 Å². The van der Waals surface area contributed by atoms with Crippen LogP contribution in [0.25, 0.3) is 21.5 Å². The van der Waals surface area contributed by atoms with Crippen LogP contribution in [0, 0.1) is 0 Å². The Morgan fingerprint density at radius 1 is 0.520 bits per heavy atom. The zero-order valence-corrected chi connectivity index (χ0v) is 36.3. The molecule has 0 spiro atoms. The van der Waals surface area contributed by atoms with Crippen molar-refractivity contribution in [3.05, 3.63) is 97.6 Å². The summed E-state index contributed by atoms with van der Waals surface area (Å²) in [6, 6.07) is 27.6. The zero-order valence-electron chi connectivity index (χ0n) is 32.9. The molecule has 0 fully saturated rings. The average Bonchev–Trinajstić information content (AvgIpc) is 3.76. The number of rotatable bonds is 23. The summed E-state index contributed by atoms with van der Waals surface area (Å²) in [7, 11) is 0.128. The average molecular weight is 747 g/mol. The minimum absolute atomic E-state index is 0. The first-order valence-corrected chi connectivity index (χ1v) is 23.6. The molecular formula is C47H72P2Ti. The van der Waals surface area contributed by atoms with Gasteiger partial charge in [-0.3, -0.25) is 0 Å². The SMILES string of the molecule is C=C/C=C/C.CCCCCCP(CCCCCC)c1cc2ccccc2[cH-]1.CCCCCCP(CCCCCC)c1cc2ccccc2[cH-]1.[Ti+2]. The van der Waals surface area contributed by atoms with E-state index >= 15 is 0 Å². The molecular weight excluding hydrogens is 674 g/mol. The normalized spacial score (nSPS) is 11.1. The van der Waals surface area contributed by atoms with E-state index in [-0.39, 0.29) is 37.6 Å². The number of hydrogen-bond donors (Lipinski definition) is 0. The molecule has 4 rings (SSSR count). The Bertz CT molecular complexity index is 1190. The number of hydrogen-bond acceptors (Lipinski definition) is 0. The molecule has 0 aliphatic heterocycles. The van der Waals surface area contributed by atoms with E-state index in [1.165, 1.54) is 149 Å². The van der Waals surface area contributed by atoms with Crippen LogP contribution in [0.15, 0.2) is 97.6 Å². The Morgan fingerprint density at radius 2 is 0.860 bits per heavy atom. The van der Waals surface area contributed by atoms with Crippen molar-refractivity contribution in [2.45, 2.75) is 137 Å². The van der Waals surface area contributed by atoms with Gasteiger partial charge in [-0.15, -0.1) is 80.7 Å². The third kappa shape index (κ3) is 19.5. The Balaban J connectivity index is 0.000000433. The van der Waals surface area contributed by atoms with Crippen molar-refractivity contribution >= 4 is 48.0 Å². The molecule has 0 N–H and O–H groups in total. The second kappa shape index (κ2) is 31.3. The van der Waals surface area contributed by atoms with E-state index < -0.39 is 0 Å². The molecule has 0 atom stereocenters. The van der Waals surface area contributed by atoms with Gasteiger partial charge < -0.3 is 0 Å². The van der Waals surface area contributed by atoms with E-state index in [0.717, 1.165) is 0 Å². The topological polar surface area (TPSA) is 0 Å². The number of unbranched alkanes of at least 4 members (excludes halogenated alkanes) is 12. The molecule has 0 amide bonds. The smallest absolute Gasteiger partial charge is 0.161 e. The van der Waals surface area contributed by atoms with Crippen molar-refractivity contribution in [1.29, 1.82) is 0 Å². The monoisotopic (exact) mass is 746 g/mol. The van der Waals surface area contributed by atoms with Crippen molar-refractivity contribution in [3.63, 3.8) is 0 Å². The third-order valence-corrected chi connectivity index (χ3v) is 14.8. The van der Waals surface area contributed by atoms with Gasteiger partial charge in [0.25, 0.3) is 0 Å². The van der Waals surface area contributed by atoms with Gasteiger partial charge in [0.2, 0.25) is 0 Å². The first kappa shape index (κ1) is 46.7. The van der Waals surface area contributed by atoms with E-state index in [1.807, 2.05) is 19.1 Å². The number of allylic oxidation sites excluding steroid dienone is 3. The fraction of sp³-hybridized carbons (Fsp3) is 0.532. The van der Waals surface area contributed by atoms with E-state index in [0.29, 0.717) is 0 Å². The summed E-state index contributed by atoms with van der Waals surface area (Å²) in [5.74, 6) is 0. The molecule has 4 aromatic rings. The minimum Gasteiger partial charge on any atom is -0.161 e. The molecule has 274 valence electrons. The number of fused-ring (bicyclic) bond motifs is 2. The van der Waals surface area contributed by atoms with Crippen LogP contribution < -0.4 is 10.6 Å². The van der Waals surface area contributed by atoms with Crippen LogP contribution in [0.4, 0.5) is 0 Å². The fourth-order valence-corrected chi connectivity index (χ4v) is 11.6. The number of benzene rings is 2. The second-order valence-electron chi connectivity index (χ2n) is 13.7. The summed E-state index contributed by atoms with van der Waals surface area (Å²) in [6.45, 7) is 14.6. The van der Waals surface area contributed by atoms with E-state index in [1.54, 1.807) is 16.7 Å². The van der Waals surface area contributed by atoms with Gasteiger partial charge >= 0.3 is 21.7 Å². The quantitative estimate of drug-likeness (QED) is 0.0233. The van der Waals surface area contributed by atoms with Crippen LogP contribution in [0.2, 0.25) is 0 Å². The van der Waals surface area contributed by atoms with Gasteiger partial charge in [-0.2, -0.15) is 12.1 Å². The van der Waals surface area contributed by atoms with Crippen LogP contribution >= 0.6 is 15.8 Å². The Hall–Kier alpha value is -1.29. The molecule has 0 aromatic heterocycles. The maximum absolute atomic E-state index is 3.46. The van der Waals surface area contributed by atoms with Crippen molar-refractivity contribution in [2.24, 2.45) is 0 Å². The summed E-state index contributed by atoms with van der Waals surface area (Å²) in [5.41, 5.74) is 0. The summed E-state index contributed by atoms with van der Waals surface area (Å²) in [4.78, 5) is 0. The Morgan fingerprint density at radius 3 is 1.12 bits per heavy atom. The first-order valence-electron chi connectivity index (χ1n) is 20.2. The molecule has 0 heterocycles.